The number of carbonyl (C=O) groups excluding carboxylic acids is 1. The van der Waals surface area contributed by atoms with Gasteiger partial charge in [-0.05, 0) is 19.8 Å². The number of nitrogens with zero attached hydrogens (tertiary/aromatic N) is 3. The van der Waals surface area contributed by atoms with Gasteiger partial charge in [0.2, 0.25) is 0 Å². The van der Waals surface area contributed by atoms with Gasteiger partial charge >= 0.3 is 0 Å². The number of halogens is 2. The summed E-state index contributed by atoms with van der Waals surface area (Å²) < 4.78 is 1.72. The van der Waals surface area contributed by atoms with Crippen molar-refractivity contribution in [2.45, 2.75) is 39.2 Å². The lowest BCUT2D eigenvalue weighted by atomic mass is 9.93. The summed E-state index contributed by atoms with van der Waals surface area (Å²) in [5, 5.41) is 8.04. The summed E-state index contributed by atoms with van der Waals surface area (Å²) in [6, 6.07) is 0. The van der Waals surface area contributed by atoms with Crippen LogP contribution in [0.2, 0.25) is 0 Å². The molecule has 0 spiro atoms. The molecule has 0 atom stereocenters. The molecule has 0 saturated heterocycles. The molecule has 0 aliphatic rings. The molecular formula is C15H25Cl2N5OS. The molecule has 3 N–H and O–H groups in total. The fourth-order valence-corrected chi connectivity index (χ4v) is 3.26. The first kappa shape index (κ1) is 22.9. The van der Waals surface area contributed by atoms with Gasteiger partial charge in [0.05, 0.1) is 17.4 Å². The van der Waals surface area contributed by atoms with Crippen LogP contribution in [0.25, 0.3) is 10.6 Å². The van der Waals surface area contributed by atoms with Crippen LogP contribution in [0.1, 0.15) is 42.1 Å². The highest BCUT2D eigenvalue weighted by molar-refractivity contribution is 7.17. The molecular weight excluding hydrogens is 369 g/mol. The Balaban J connectivity index is 0.00000264. The van der Waals surface area contributed by atoms with Gasteiger partial charge in [-0.2, -0.15) is 5.10 Å². The smallest absolute Gasteiger partial charge is 0.263 e. The highest BCUT2D eigenvalue weighted by Gasteiger charge is 2.28. The molecule has 0 aromatic carbocycles. The minimum atomic E-state index is -0.345. The van der Waals surface area contributed by atoms with Gasteiger partial charge in [-0.1, -0.05) is 13.8 Å². The number of rotatable bonds is 6. The van der Waals surface area contributed by atoms with Crippen LogP contribution in [0.3, 0.4) is 0 Å². The monoisotopic (exact) mass is 393 g/mol. The highest BCUT2D eigenvalue weighted by atomic mass is 35.5. The standard InChI is InChI=1S/C15H23N5OS.2ClH/c1-5-15(6-2,9-16)19-13(21)12-10(3)18-14(22-12)11-7-17-20(4)8-11;;/h7-8H,5-6,9,16H2,1-4H3,(H,19,21);2*1H. The van der Waals surface area contributed by atoms with Gasteiger partial charge in [0.1, 0.15) is 9.88 Å². The normalized spacial score (nSPS) is 10.7. The maximum Gasteiger partial charge on any atom is 0.263 e. The molecule has 0 fully saturated rings. The van der Waals surface area contributed by atoms with E-state index in [0.717, 1.165) is 29.1 Å². The molecule has 0 aliphatic carbocycles. The predicted molar refractivity (Wildman–Crippen MR) is 103 cm³/mol. The third-order valence-corrected chi connectivity index (χ3v) is 5.28. The number of amides is 1. The maximum absolute atomic E-state index is 12.6. The van der Waals surface area contributed by atoms with Crippen LogP contribution < -0.4 is 11.1 Å². The lowest BCUT2D eigenvalue weighted by molar-refractivity contribution is 0.0898. The van der Waals surface area contributed by atoms with Crippen molar-refractivity contribution in [3.8, 4) is 10.6 Å². The van der Waals surface area contributed by atoms with E-state index in [1.807, 2.05) is 34.0 Å². The number of aromatic nitrogens is 3. The molecule has 0 aliphatic heterocycles. The molecule has 136 valence electrons. The number of hydrogen-bond acceptors (Lipinski definition) is 5. The molecule has 2 aromatic rings. The van der Waals surface area contributed by atoms with Crippen LogP contribution in [0.4, 0.5) is 0 Å². The number of hydrogen-bond donors (Lipinski definition) is 2. The van der Waals surface area contributed by atoms with Crippen molar-refractivity contribution in [1.82, 2.24) is 20.1 Å². The van der Waals surface area contributed by atoms with Gasteiger partial charge in [-0.3, -0.25) is 9.48 Å². The van der Waals surface area contributed by atoms with E-state index >= 15 is 0 Å². The molecule has 2 heterocycles. The van der Waals surface area contributed by atoms with Gasteiger partial charge in [0, 0.05) is 25.4 Å². The van der Waals surface area contributed by atoms with E-state index in [1.165, 1.54) is 11.3 Å². The average Bonchev–Trinajstić information content (AvgIpc) is 3.11. The van der Waals surface area contributed by atoms with E-state index in [2.05, 4.69) is 15.4 Å². The Morgan fingerprint density at radius 3 is 2.46 bits per heavy atom. The summed E-state index contributed by atoms with van der Waals surface area (Å²) in [5.41, 5.74) is 7.17. The fraction of sp³-hybridized carbons (Fsp3) is 0.533. The number of nitrogens with one attached hydrogen (secondary N) is 1. The van der Waals surface area contributed by atoms with Crippen LogP contribution in [0.5, 0.6) is 0 Å². The predicted octanol–water partition coefficient (Wildman–Crippen LogP) is 2.94. The van der Waals surface area contributed by atoms with Gasteiger partial charge < -0.3 is 11.1 Å². The van der Waals surface area contributed by atoms with Crippen LogP contribution in [0.15, 0.2) is 12.4 Å². The second-order valence-electron chi connectivity index (χ2n) is 5.48. The minimum absolute atomic E-state index is 0. The first-order valence-corrected chi connectivity index (χ1v) is 8.25. The van der Waals surface area contributed by atoms with Gasteiger partial charge in [-0.25, -0.2) is 4.98 Å². The van der Waals surface area contributed by atoms with E-state index in [0.29, 0.717) is 11.4 Å². The van der Waals surface area contributed by atoms with Crippen molar-refractivity contribution in [1.29, 1.82) is 0 Å². The minimum Gasteiger partial charge on any atom is -0.345 e. The number of aryl methyl sites for hydroxylation is 2. The summed E-state index contributed by atoms with van der Waals surface area (Å²) in [5.74, 6) is -0.0979. The lowest BCUT2D eigenvalue weighted by Crippen LogP contribution is -2.52. The van der Waals surface area contributed by atoms with E-state index in [1.54, 1.807) is 10.9 Å². The number of nitrogens with two attached hydrogens (primary N) is 1. The summed E-state index contributed by atoms with van der Waals surface area (Å²) in [6.07, 6.45) is 5.25. The Morgan fingerprint density at radius 2 is 2.00 bits per heavy atom. The Kier molecular flexibility index (Phi) is 8.91. The molecule has 0 bridgehead atoms. The third-order valence-electron chi connectivity index (χ3n) is 4.08. The zero-order valence-corrected chi connectivity index (χ0v) is 16.8. The Hall–Kier alpha value is -1.15. The van der Waals surface area contributed by atoms with E-state index < -0.39 is 0 Å². The molecule has 24 heavy (non-hydrogen) atoms. The fourth-order valence-electron chi connectivity index (χ4n) is 2.33. The zero-order chi connectivity index (χ0) is 16.3. The summed E-state index contributed by atoms with van der Waals surface area (Å²) >= 11 is 1.39. The van der Waals surface area contributed by atoms with Crippen molar-refractivity contribution in [3.63, 3.8) is 0 Å². The number of carbonyl (C=O) groups is 1. The molecule has 0 unspecified atom stereocenters. The maximum atomic E-state index is 12.6. The second kappa shape index (κ2) is 9.36. The van der Waals surface area contributed by atoms with Crippen molar-refractivity contribution in [3.05, 3.63) is 23.0 Å². The molecule has 9 heteroatoms. The molecule has 6 nitrogen and oxygen atoms in total. The largest absolute Gasteiger partial charge is 0.345 e. The van der Waals surface area contributed by atoms with E-state index in [9.17, 15) is 4.79 Å². The van der Waals surface area contributed by atoms with E-state index in [4.69, 9.17) is 5.73 Å². The molecule has 2 rings (SSSR count). The summed E-state index contributed by atoms with van der Waals surface area (Å²) in [4.78, 5) is 17.7. The van der Waals surface area contributed by atoms with Crippen molar-refractivity contribution >= 4 is 42.1 Å². The molecule has 1 amide bonds. The first-order chi connectivity index (χ1) is 10.4. The Labute approximate surface area is 159 Å². The number of thiazole rings is 1. The van der Waals surface area contributed by atoms with Gasteiger partial charge in [0.15, 0.2) is 0 Å². The first-order valence-electron chi connectivity index (χ1n) is 7.43. The average molecular weight is 394 g/mol. The highest BCUT2D eigenvalue weighted by Crippen LogP contribution is 2.28. The van der Waals surface area contributed by atoms with Crippen molar-refractivity contribution in [2.24, 2.45) is 12.8 Å². The summed E-state index contributed by atoms with van der Waals surface area (Å²) in [6.45, 7) is 6.36. The summed E-state index contributed by atoms with van der Waals surface area (Å²) in [7, 11) is 1.86. The van der Waals surface area contributed by atoms with Crippen molar-refractivity contribution in [2.75, 3.05) is 6.54 Å². The molecule has 0 radical (unpaired) electrons. The van der Waals surface area contributed by atoms with E-state index in [-0.39, 0.29) is 36.3 Å². The Bertz CT molecular complexity index is 658. The van der Waals surface area contributed by atoms with Crippen LogP contribution in [-0.4, -0.2) is 32.8 Å². The topological polar surface area (TPSA) is 85.8 Å². The molecule has 2 aromatic heterocycles. The van der Waals surface area contributed by atoms with Crippen LogP contribution >= 0.6 is 36.2 Å². The quantitative estimate of drug-likeness (QED) is 0.789. The third kappa shape index (κ3) is 4.69. The van der Waals surface area contributed by atoms with Crippen molar-refractivity contribution < 1.29 is 4.79 Å². The van der Waals surface area contributed by atoms with Gasteiger partial charge in [-0.15, -0.1) is 36.2 Å². The SMILES string of the molecule is CCC(CC)(CN)NC(=O)c1sc(-c2cnn(C)c2)nc1C.Cl.Cl. The molecule has 0 saturated carbocycles. The second-order valence-corrected chi connectivity index (χ2v) is 6.48. The zero-order valence-electron chi connectivity index (χ0n) is 14.3. The Morgan fingerprint density at radius 1 is 1.38 bits per heavy atom. The van der Waals surface area contributed by atoms with Crippen LogP contribution in [-0.2, 0) is 7.05 Å². The van der Waals surface area contributed by atoms with Gasteiger partial charge in [0.25, 0.3) is 5.91 Å². The van der Waals surface area contributed by atoms with Crippen LogP contribution in [0, 0.1) is 6.92 Å². The lowest BCUT2D eigenvalue weighted by Gasteiger charge is -2.31.